The van der Waals surface area contributed by atoms with Gasteiger partial charge in [0, 0.05) is 10.8 Å². The van der Waals surface area contributed by atoms with Crippen molar-refractivity contribution in [2.75, 3.05) is 0 Å². The number of rotatable bonds is 2. The number of fused-ring (bicyclic) bond motifs is 9. The molecule has 0 radical (unpaired) electrons. The quantitative estimate of drug-likeness (QED) is 0.149. The predicted molar refractivity (Wildman–Crippen MR) is 192 cm³/mol. The van der Waals surface area contributed by atoms with Crippen molar-refractivity contribution in [3.8, 4) is 22.3 Å². The van der Waals surface area contributed by atoms with Gasteiger partial charge in [0.2, 0.25) is 0 Å². The van der Waals surface area contributed by atoms with Crippen LogP contribution in [0.5, 0.6) is 0 Å². The molecular formula is C44H26O. The summed E-state index contributed by atoms with van der Waals surface area (Å²) < 4.78 is 6.52. The highest BCUT2D eigenvalue weighted by Crippen LogP contribution is 2.48. The molecule has 0 saturated heterocycles. The minimum atomic E-state index is 0.913. The molecule has 0 amide bonds. The summed E-state index contributed by atoms with van der Waals surface area (Å²) in [5, 5.41) is 14.8. The number of furan rings is 1. The highest BCUT2D eigenvalue weighted by atomic mass is 16.3. The Morgan fingerprint density at radius 1 is 0.289 bits per heavy atom. The van der Waals surface area contributed by atoms with Crippen molar-refractivity contribution in [2.45, 2.75) is 0 Å². The molecule has 0 aliphatic carbocycles. The smallest absolute Gasteiger partial charge is 0.136 e. The SMILES string of the molecule is c1ccc2cc3c(cc2c1)oc1cccc(-c2c4ccccc4c(-c4cccc5c4ccc4ccccc45)c4ccccc24)c13. The summed E-state index contributed by atoms with van der Waals surface area (Å²) in [6.07, 6.45) is 0. The van der Waals surface area contributed by atoms with Crippen molar-refractivity contribution in [1.29, 1.82) is 0 Å². The Labute approximate surface area is 259 Å². The van der Waals surface area contributed by atoms with Crippen LogP contribution < -0.4 is 0 Å². The van der Waals surface area contributed by atoms with Crippen molar-refractivity contribution in [1.82, 2.24) is 0 Å². The molecule has 208 valence electrons. The Bertz CT molecular complexity index is 2760. The lowest BCUT2D eigenvalue weighted by Gasteiger charge is -2.19. The second kappa shape index (κ2) is 9.29. The van der Waals surface area contributed by atoms with Gasteiger partial charge in [-0.3, -0.25) is 0 Å². The minimum Gasteiger partial charge on any atom is -0.456 e. The largest absolute Gasteiger partial charge is 0.456 e. The molecule has 0 bridgehead atoms. The maximum absolute atomic E-state index is 6.52. The van der Waals surface area contributed by atoms with E-state index in [9.17, 15) is 0 Å². The van der Waals surface area contributed by atoms with Crippen LogP contribution in [-0.2, 0) is 0 Å². The molecule has 9 aromatic carbocycles. The molecule has 1 heterocycles. The van der Waals surface area contributed by atoms with E-state index in [1.165, 1.54) is 76.1 Å². The average Bonchev–Trinajstić information content (AvgIpc) is 3.47. The van der Waals surface area contributed by atoms with Crippen molar-refractivity contribution in [3.63, 3.8) is 0 Å². The first-order valence-electron chi connectivity index (χ1n) is 15.5. The van der Waals surface area contributed by atoms with Crippen LogP contribution in [0.1, 0.15) is 0 Å². The Morgan fingerprint density at radius 3 is 1.53 bits per heavy atom. The normalized spacial score (nSPS) is 12.0. The Kier molecular flexibility index (Phi) is 5.06. The standard InChI is InChI=1S/C44H26O/c1-2-13-29-26-41-39(25-28(29)12-1)44-38(21-10-22-40(44)45-41)43-36-17-7-5-15-34(36)42(35-16-6-8-18-37(35)43)33-20-9-19-31-30-14-4-3-11-27(30)23-24-32(31)33/h1-26H. The number of benzene rings is 9. The molecule has 0 N–H and O–H groups in total. The molecule has 1 heteroatoms. The van der Waals surface area contributed by atoms with E-state index in [4.69, 9.17) is 4.42 Å². The molecule has 0 fully saturated rings. The van der Waals surface area contributed by atoms with Gasteiger partial charge in [0.05, 0.1) is 0 Å². The van der Waals surface area contributed by atoms with Crippen LogP contribution in [0.25, 0.3) is 98.1 Å². The molecule has 1 nitrogen and oxygen atoms in total. The fraction of sp³-hybridized carbons (Fsp3) is 0. The van der Waals surface area contributed by atoms with Gasteiger partial charge in [-0.1, -0.05) is 140 Å². The molecular weight excluding hydrogens is 544 g/mol. The Morgan fingerprint density at radius 2 is 0.822 bits per heavy atom. The van der Waals surface area contributed by atoms with Crippen molar-refractivity contribution < 1.29 is 4.42 Å². The second-order valence-electron chi connectivity index (χ2n) is 12.0. The third kappa shape index (κ3) is 3.50. The molecule has 0 saturated carbocycles. The summed E-state index contributed by atoms with van der Waals surface area (Å²) in [7, 11) is 0. The zero-order valence-corrected chi connectivity index (χ0v) is 24.4. The van der Waals surface area contributed by atoms with E-state index < -0.39 is 0 Å². The third-order valence-electron chi connectivity index (χ3n) is 9.62. The third-order valence-corrected chi connectivity index (χ3v) is 9.62. The zero-order valence-electron chi connectivity index (χ0n) is 24.4. The first kappa shape index (κ1) is 24.5. The first-order valence-corrected chi connectivity index (χ1v) is 15.5. The Balaban J connectivity index is 1.35. The van der Waals surface area contributed by atoms with E-state index in [1.54, 1.807) is 0 Å². The van der Waals surface area contributed by atoms with Crippen molar-refractivity contribution in [2.24, 2.45) is 0 Å². The summed E-state index contributed by atoms with van der Waals surface area (Å²) in [6.45, 7) is 0. The van der Waals surface area contributed by atoms with Crippen molar-refractivity contribution in [3.05, 3.63) is 158 Å². The molecule has 0 aliphatic heterocycles. The fourth-order valence-corrected chi connectivity index (χ4v) is 7.69. The second-order valence-corrected chi connectivity index (χ2v) is 12.0. The van der Waals surface area contributed by atoms with Gasteiger partial charge in [0.1, 0.15) is 11.2 Å². The van der Waals surface area contributed by atoms with Crippen LogP contribution in [0, 0.1) is 0 Å². The van der Waals surface area contributed by atoms with E-state index in [0.717, 1.165) is 21.9 Å². The van der Waals surface area contributed by atoms with E-state index in [0.29, 0.717) is 0 Å². The molecule has 0 spiro atoms. The molecule has 10 rings (SSSR count). The predicted octanol–water partition coefficient (Wildman–Crippen LogP) is 12.7. The maximum atomic E-state index is 6.52. The maximum Gasteiger partial charge on any atom is 0.136 e. The zero-order chi connectivity index (χ0) is 29.5. The summed E-state index contributed by atoms with van der Waals surface area (Å²) >= 11 is 0. The molecule has 1 aromatic heterocycles. The summed E-state index contributed by atoms with van der Waals surface area (Å²) in [6, 6.07) is 57.3. The highest BCUT2D eigenvalue weighted by molar-refractivity contribution is 6.28. The van der Waals surface area contributed by atoms with E-state index >= 15 is 0 Å². The molecule has 0 aliphatic rings. The van der Waals surface area contributed by atoms with Crippen LogP contribution in [0.2, 0.25) is 0 Å². The highest BCUT2D eigenvalue weighted by Gasteiger charge is 2.21. The number of hydrogen-bond donors (Lipinski definition) is 0. The van der Waals surface area contributed by atoms with Crippen LogP contribution in [0.4, 0.5) is 0 Å². The van der Waals surface area contributed by atoms with Gasteiger partial charge in [-0.05, 0) is 94.3 Å². The summed E-state index contributed by atoms with van der Waals surface area (Å²) in [4.78, 5) is 0. The lowest BCUT2D eigenvalue weighted by molar-refractivity contribution is 0.669. The topological polar surface area (TPSA) is 13.1 Å². The Hall–Kier alpha value is -5.92. The molecule has 45 heavy (non-hydrogen) atoms. The van der Waals surface area contributed by atoms with Crippen LogP contribution in [-0.4, -0.2) is 0 Å². The van der Waals surface area contributed by atoms with Gasteiger partial charge in [-0.2, -0.15) is 0 Å². The summed E-state index contributed by atoms with van der Waals surface area (Å²) in [5.74, 6) is 0. The monoisotopic (exact) mass is 570 g/mol. The van der Waals surface area contributed by atoms with Gasteiger partial charge >= 0.3 is 0 Å². The minimum absolute atomic E-state index is 0.913. The van der Waals surface area contributed by atoms with Crippen LogP contribution in [0.15, 0.2) is 162 Å². The van der Waals surface area contributed by atoms with Gasteiger partial charge in [-0.15, -0.1) is 0 Å². The van der Waals surface area contributed by atoms with E-state index in [1.807, 2.05) is 0 Å². The van der Waals surface area contributed by atoms with Gasteiger partial charge in [0.25, 0.3) is 0 Å². The lowest BCUT2D eigenvalue weighted by Crippen LogP contribution is -1.92. The number of hydrogen-bond acceptors (Lipinski definition) is 1. The van der Waals surface area contributed by atoms with Gasteiger partial charge in [0.15, 0.2) is 0 Å². The summed E-state index contributed by atoms with van der Waals surface area (Å²) in [5.41, 5.74) is 6.82. The molecule has 10 aromatic rings. The average molecular weight is 571 g/mol. The van der Waals surface area contributed by atoms with E-state index in [-0.39, 0.29) is 0 Å². The van der Waals surface area contributed by atoms with Crippen LogP contribution >= 0.6 is 0 Å². The van der Waals surface area contributed by atoms with Crippen molar-refractivity contribution >= 4 is 75.8 Å². The first-order chi connectivity index (χ1) is 22.3. The van der Waals surface area contributed by atoms with Gasteiger partial charge < -0.3 is 4.42 Å². The van der Waals surface area contributed by atoms with Crippen LogP contribution in [0.3, 0.4) is 0 Å². The lowest BCUT2D eigenvalue weighted by atomic mass is 9.83. The fourth-order valence-electron chi connectivity index (χ4n) is 7.69. The molecule has 0 unspecified atom stereocenters. The molecule has 0 atom stereocenters. The van der Waals surface area contributed by atoms with Gasteiger partial charge in [-0.25, -0.2) is 0 Å². The van der Waals surface area contributed by atoms with E-state index in [2.05, 4.69) is 158 Å².